The zero-order chi connectivity index (χ0) is 14.2. The van der Waals surface area contributed by atoms with Crippen molar-refractivity contribution in [2.45, 2.75) is 39.5 Å². The average molecular weight is 255 g/mol. The van der Waals surface area contributed by atoms with Crippen molar-refractivity contribution in [2.24, 2.45) is 0 Å². The monoisotopic (exact) mass is 255 g/mol. The van der Waals surface area contributed by atoms with Crippen LogP contribution in [-0.4, -0.2) is 12.5 Å². The van der Waals surface area contributed by atoms with Gasteiger partial charge in [0.25, 0.3) is 5.91 Å². The van der Waals surface area contributed by atoms with Crippen molar-refractivity contribution in [2.75, 3.05) is 6.54 Å². The van der Waals surface area contributed by atoms with E-state index in [9.17, 15) is 4.79 Å². The average Bonchev–Trinajstić information content (AvgIpc) is 2.66. The summed E-state index contributed by atoms with van der Waals surface area (Å²) < 4.78 is 0. The topological polar surface area (TPSA) is 31.2 Å². The van der Waals surface area contributed by atoms with Crippen molar-refractivity contribution in [3.63, 3.8) is 0 Å². The summed E-state index contributed by atoms with van der Waals surface area (Å²) in [5, 5.41) is 3.95. The molecule has 1 aromatic carbocycles. The maximum Gasteiger partial charge on any atom is 0.272 e. The first kappa shape index (κ1) is 13.9. The van der Waals surface area contributed by atoms with Crippen LogP contribution in [0.2, 0.25) is 0 Å². The second-order valence-electron chi connectivity index (χ2n) is 6.20. The molecular weight excluding hydrogens is 234 g/mol. The molecule has 0 saturated heterocycles. The van der Waals surface area contributed by atoms with Gasteiger partial charge in [0.2, 0.25) is 0 Å². The third-order valence-electron chi connectivity index (χ3n) is 3.49. The highest BCUT2D eigenvalue weighted by Crippen LogP contribution is 2.33. The number of carbonyl (C=O) groups excluding carboxylic acids is 1. The molecule has 1 aliphatic carbocycles. The molecule has 0 atom stereocenters. The highest BCUT2D eigenvalue weighted by Gasteiger charge is 2.23. The third kappa shape index (κ3) is 2.73. The van der Waals surface area contributed by atoms with Crippen LogP contribution in [0.5, 0.6) is 0 Å². The Labute approximate surface area is 115 Å². The molecule has 1 aromatic rings. The Bertz CT molecular complexity index is 547. The van der Waals surface area contributed by atoms with Crippen molar-refractivity contribution in [1.29, 1.82) is 0 Å². The van der Waals surface area contributed by atoms with Crippen LogP contribution >= 0.6 is 0 Å². The lowest BCUT2D eigenvalue weighted by Gasteiger charge is -2.21. The lowest BCUT2D eigenvalue weighted by molar-refractivity contribution is 0.0952. The molecule has 1 aliphatic rings. The molecule has 0 saturated carbocycles. The molecule has 0 fully saturated rings. The predicted octanol–water partition coefficient (Wildman–Crippen LogP) is 3.52. The minimum atomic E-state index is -0.138. The summed E-state index contributed by atoms with van der Waals surface area (Å²) in [6.45, 7) is 12.5. The Morgan fingerprint density at radius 2 is 2.05 bits per heavy atom. The van der Waals surface area contributed by atoms with Crippen molar-refractivity contribution in [3.05, 3.63) is 46.9 Å². The van der Waals surface area contributed by atoms with Crippen molar-refractivity contribution < 1.29 is 4.79 Å². The molecule has 1 amide bonds. The molecule has 0 aromatic heterocycles. The fourth-order valence-corrected chi connectivity index (χ4v) is 2.43. The number of rotatable bonds is 2. The van der Waals surface area contributed by atoms with E-state index in [1.54, 1.807) is 0 Å². The fourth-order valence-electron chi connectivity index (χ4n) is 2.43. The molecule has 0 unspecified atom stereocenters. The van der Waals surface area contributed by atoms with Crippen LogP contribution < -0.4 is 5.32 Å². The quantitative estimate of drug-likeness (QED) is 0.795. The number of carbonyl (C=O) groups is 1. The van der Waals surface area contributed by atoms with Gasteiger partial charge in [-0.3, -0.25) is 4.79 Å². The van der Waals surface area contributed by atoms with Gasteiger partial charge in [0, 0.05) is 12.1 Å². The Balaban J connectivity index is 2.56. The molecule has 0 heterocycles. The summed E-state index contributed by atoms with van der Waals surface area (Å²) in [5.41, 5.74) is 5.54. The van der Waals surface area contributed by atoms with E-state index in [0.717, 1.165) is 17.5 Å². The molecule has 2 radical (unpaired) electrons. The van der Waals surface area contributed by atoms with Gasteiger partial charge in [-0.25, -0.2) is 5.32 Å². The van der Waals surface area contributed by atoms with Gasteiger partial charge in [-0.05, 0) is 48.4 Å². The van der Waals surface area contributed by atoms with Crippen LogP contribution in [0.4, 0.5) is 0 Å². The van der Waals surface area contributed by atoms with Gasteiger partial charge in [-0.15, -0.1) is 0 Å². The van der Waals surface area contributed by atoms with Gasteiger partial charge in [0.1, 0.15) is 0 Å². The molecule has 19 heavy (non-hydrogen) atoms. The minimum absolute atomic E-state index is 0.0266. The number of allylic oxidation sites excluding steroid dienone is 1. The number of benzene rings is 1. The van der Waals surface area contributed by atoms with Crippen molar-refractivity contribution in [1.82, 2.24) is 5.32 Å². The maximum absolute atomic E-state index is 12.2. The molecule has 2 rings (SSSR count). The Morgan fingerprint density at radius 3 is 2.63 bits per heavy atom. The smallest absolute Gasteiger partial charge is 0.267 e. The minimum Gasteiger partial charge on any atom is -0.267 e. The summed E-state index contributed by atoms with van der Waals surface area (Å²) >= 11 is 0. The highest BCUT2D eigenvalue weighted by atomic mass is 16.1. The van der Waals surface area contributed by atoms with Gasteiger partial charge in [0.15, 0.2) is 0 Å². The summed E-state index contributed by atoms with van der Waals surface area (Å²) in [6.07, 6.45) is 3.03. The lowest BCUT2D eigenvalue weighted by atomic mass is 9.83. The summed E-state index contributed by atoms with van der Waals surface area (Å²) in [4.78, 5) is 12.2. The van der Waals surface area contributed by atoms with Crippen LogP contribution in [0.15, 0.2) is 17.7 Å². The second kappa shape index (κ2) is 4.84. The zero-order valence-corrected chi connectivity index (χ0v) is 12.2. The zero-order valence-electron chi connectivity index (χ0n) is 12.2. The Morgan fingerprint density at radius 1 is 1.37 bits per heavy atom. The van der Waals surface area contributed by atoms with Crippen LogP contribution in [0.3, 0.4) is 0 Å². The summed E-state index contributed by atoms with van der Waals surface area (Å²) in [5.74, 6) is -0.138. The van der Waals surface area contributed by atoms with Gasteiger partial charge in [-0.2, -0.15) is 0 Å². The van der Waals surface area contributed by atoms with Crippen LogP contribution in [0, 0.1) is 6.92 Å². The third-order valence-corrected chi connectivity index (χ3v) is 3.49. The van der Waals surface area contributed by atoms with Gasteiger partial charge >= 0.3 is 0 Å². The van der Waals surface area contributed by atoms with Crippen LogP contribution in [0.1, 0.15) is 54.7 Å². The highest BCUT2D eigenvalue weighted by molar-refractivity contribution is 5.97. The van der Waals surface area contributed by atoms with E-state index in [-0.39, 0.29) is 11.3 Å². The van der Waals surface area contributed by atoms with Gasteiger partial charge in [-0.1, -0.05) is 38.5 Å². The summed E-state index contributed by atoms with van der Waals surface area (Å²) in [6, 6.07) is 4.21. The van der Waals surface area contributed by atoms with Gasteiger partial charge < -0.3 is 0 Å². The Hall–Kier alpha value is -1.57. The largest absolute Gasteiger partial charge is 0.272 e. The van der Waals surface area contributed by atoms with E-state index in [0.29, 0.717) is 6.54 Å². The molecule has 2 nitrogen and oxygen atoms in total. The molecule has 0 spiro atoms. The standard InChI is InChI=1S/C17H21NO/c1-6-18-16(19)15-10-13(17(3,4)5)9-12-7-11(2)8-14(12)15/h7,9-10H,1,6,8H2,2-5H3. The molecular formula is C17H21NO. The maximum atomic E-state index is 12.2. The van der Waals surface area contributed by atoms with Crippen molar-refractivity contribution >= 4 is 12.0 Å². The predicted molar refractivity (Wildman–Crippen MR) is 79.2 cm³/mol. The normalized spacial score (nSPS) is 14.1. The van der Waals surface area contributed by atoms with E-state index in [4.69, 9.17) is 0 Å². The van der Waals surface area contributed by atoms with Crippen molar-refractivity contribution in [3.8, 4) is 0 Å². The molecule has 0 bridgehead atoms. The van der Waals surface area contributed by atoms with E-state index in [2.05, 4.69) is 52.1 Å². The van der Waals surface area contributed by atoms with E-state index in [1.165, 1.54) is 16.7 Å². The van der Waals surface area contributed by atoms with E-state index >= 15 is 0 Å². The SMILES string of the molecule is [CH2]C[N]C(=O)c1cc(C(C)(C)C)cc2c1CC(C)=C2. The Kier molecular flexibility index (Phi) is 3.53. The molecule has 0 N–H and O–H groups in total. The van der Waals surface area contributed by atoms with E-state index in [1.807, 2.05) is 6.07 Å². The first-order valence-corrected chi connectivity index (χ1v) is 6.68. The molecule has 0 aliphatic heterocycles. The first-order valence-electron chi connectivity index (χ1n) is 6.68. The fraction of sp³-hybridized carbons (Fsp3) is 0.412. The van der Waals surface area contributed by atoms with Gasteiger partial charge in [0.05, 0.1) is 0 Å². The first-order chi connectivity index (χ1) is 8.82. The number of fused-ring (bicyclic) bond motifs is 1. The van der Waals surface area contributed by atoms with E-state index < -0.39 is 0 Å². The number of amides is 1. The lowest BCUT2D eigenvalue weighted by Crippen LogP contribution is -2.20. The second-order valence-corrected chi connectivity index (χ2v) is 6.20. The number of hydrogen-bond donors (Lipinski definition) is 0. The molecule has 2 heteroatoms. The summed E-state index contributed by atoms with van der Waals surface area (Å²) in [7, 11) is 0. The molecule has 100 valence electrons. The van der Waals surface area contributed by atoms with Crippen LogP contribution in [-0.2, 0) is 11.8 Å². The number of hydrogen-bond acceptors (Lipinski definition) is 1. The van der Waals surface area contributed by atoms with Crippen LogP contribution in [0.25, 0.3) is 6.08 Å². The number of nitrogens with zero attached hydrogens (tertiary/aromatic N) is 1.